The van der Waals surface area contributed by atoms with Crippen LogP contribution in [0.4, 0.5) is 0 Å². The van der Waals surface area contributed by atoms with Crippen LogP contribution in [0.2, 0.25) is 5.02 Å². The SMILES string of the molecule is CN(C)CC(=O)N1CCC[C@H]1c1cccc(Cc2ccccc2Cl)n1. The number of aromatic nitrogens is 1. The molecule has 0 radical (unpaired) electrons. The van der Waals surface area contributed by atoms with Gasteiger partial charge in [-0.25, -0.2) is 0 Å². The fraction of sp³-hybridized carbons (Fsp3) is 0.400. The molecule has 132 valence electrons. The van der Waals surface area contributed by atoms with Gasteiger partial charge in [-0.1, -0.05) is 35.9 Å². The minimum Gasteiger partial charge on any atom is -0.333 e. The van der Waals surface area contributed by atoms with Gasteiger partial charge in [0.2, 0.25) is 5.91 Å². The number of hydrogen-bond acceptors (Lipinski definition) is 3. The molecular weight excluding hydrogens is 334 g/mol. The van der Waals surface area contributed by atoms with Crippen molar-refractivity contribution in [1.29, 1.82) is 0 Å². The van der Waals surface area contributed by atoms with E-state index in [1.165, 1.54) is 0 Å². The van der Waals surface area contributed by atoms with Gasteiger partial charge >= 0.3 is 0 Å². The van der Waals surface area contributed by atoms with Gasteiger partial charge in [0.05, 0.1) is 18.3 Å². The molecule has 1 aliphatic heterocycles. The molecule has 0 spiro atoms. The molecular formula is C20H24ClN3O. The summed E-state index contributed by atoms with van der Waals surface area (Å²) in [6.07, 6.45) is 2.70. The van der Waals surface area contributed by atoms with Crippen molar-refractivity contribution < 1.29 is 4.79 Å². The first-order chi connectivity index (χ1) is 12.0. The van der Waals surface area contributed by atoms with Crippen LogP contribution in [0, 0.1) is 0 Å². The molecule has 0 saturated carbocycles. The molecule has 0 bridgehead atoms. The summed E-state index contributed by atoms with van der Waals surface area (Å²) in [6.45, 7) is 1.25. The van der Waals surface area contributed by atoms with Crippen LogP contribution in [0.15, 0.2) is 42.5 Å². The van der Waals surface area contributed by atoms with Gasteiger partial charge in [0, 0.05) is 23.7 Å². The fourth-order valence-electron chi connectivity index (χ4n) is 3.35. The molecule has 5 heteroatoms. The highest BCUT2D eigenvalue weighted by Crippen LogP contribution is 2.31. The average Bonchev–Trinajstić information content (AvgIpc) is 3.06. The molecule has 0 N–H and O–H groups in total. The average molecular weight is 358 g/mol. The van der Waals surface area contributed by atoms with Crippen LogP contribution in [0.3, 0.4) is 0 Å². The number of pyridine rings is 1. The van der Waals surface area contributed by atoms with Crippen molar-refractivity contribution in [3.8, 4) is 0 Å². The number of carbonyl (C=O) groups excluding carboxylic acids is 1. The van der Waals surface area contributed by atoms with Crippen molar-refractivity contribution in [3.63, 3.8) is 0 Å². The summed E-state index contributed by atoms with van der Waals surface area (Å²) in [7, 11) is 3.84. The Morgan fingerprint density at radius 3 is 2.80 bits per heavy atom. The highest BCUT2D eigenvalue weighted by Gasteiger charge is 2.30. The summed E-state index contributed by atoms with van der Waals surface area (Å²) in [4.78, 5) is 21.2. The zero-order chi connectivity index (χ0) is 17.8. The highest BCUT2D eigenvalue weighted by atomic mass is 35.5. The predicted molar refractivity (Wildman–Crippen MR) is 101 cm³/mol. The molecule has 1 atom stereocenters. The van der Waals surface area contributed by atoms with Crippen LogP contribution in [-0.2, 0) is 11.2 Å². The Kier molecular flexibility index (Phi) is 5.71. The van der Waals surface area contributed by atoms with Crippen molar-refractivity contribution in [1.82, 2.24) is 14.8 Å². The van der Waals surface area contributed by atoms with Crippen LogP contribution < -0.4 is 0 Å². The smallest absolute Gasteiger partial charge is 0.237 e. The van der Waals surface area contributed by atoms with Gasteiger partial charge in [0.15, 0.2) is 0 Å². The van der Waals surface area contributed by atoms with Crippen LogP contribution in [0.25, 0.3) is 0 Å². The minimum absolute atomic E-state index is 0.0821. The topological polar surface area (TPSA) is 36.4 Å². The van der Waals surface area contributed by atoms with E-state index < -0.39 is 0 Å². The maximum Gasteiger partial charge on any atom is 0.237 e. The molecule has 3 rings (SSSR count). The zero-order valence-corrected chi connectivity index (χ0v) is 15.5. The van der Waals surface area contributed by atoms with Gasteiger partial charge < -0.3 is 9.80 Å². The van der Waals surface area contributed by atoms with Gasteiger partial charge in [-0.3, -0.25) is 9.78 Å². The molecule has 0 unspecified atom stereocenters. The van der Waals surface area contributed by atoms with Crippen LogP contribution >= 0.6 is 11.6 Å². The number of likely N-dealkylation sites (tertiary alicyclic amines) is 1. The van der Waals surface area contributed by atoms with Crippen molar-refractivity contribution in [3.05, 3.63) is 64.4 Å². The maximum atomic E-state index is 12.5. The summed E-state index contributed by atoms with van der Waals surface area (Å²) >= 11 is 6.27. The first kappa shape index (κ1) is 17.9. The molecule has 1 aliphatic rings. The van der Waals surface area contributed by atoms with Crippen LogP contribution in [-0.4, -0.2) is 47.9 Å². The summed E-state index contributed by atoms with van der Waals surface area (Å²) in [5.41, 5.74) is 3.03. The number of hydrogen-bond donors (Lipinski definition) is 0. The van der Waals surface area contributed by atoms with E-state index >= 15 is 0 Å². The molecule has 1 fully saturated rings. The van der Waals surface area contributed by atoms with E-state index in [1.807, 2.05) is 66.4 Å². The van der Waals surface area contributed by atoms with E-state index in [-0.39, 0.29) is 11.9 Å². The first-order valence-corrected chi connectivity index (χ1v) is 9.06. The number of nitrogens with zero attached hydrogens (tertiary/aromatic N) is 3. The molecule has 1 aromatic carbocycles. The van der Waals surface area contributed by atoms with E-state index in [2.05, 4.69) is 0 Å². The van der Waals surface area contributed by atoms with Gasteiger partial charge in [-0.2, -0.15) is 0 Å². The third-order valence-electron chi connectivity index (χ3n) is 4.52. The lowest BCUT2D eigenvalue weighted by atomic mass is 10.1. The number of benzene rings is 1. The second-order valence-electron chi connectivity index (χ2n) is 6.80. The van der Waals surface area contributed by atoms with Crippen molar-refractivity contribution in [2.24, 2.45) is 0 Å². The third-order valence-corrected chi connectivity index (χ3v) is 4.89. The van der Waals surface area contributed by atoms with Gasteiger partial charge in [-0.05, 0) is 50.7 Å². The Hall–Kier alpha value is -1.91. The highest BCUT2D eigenvalue weighted by molar-refractivity contribution is 6.31. The van der Waals surface area contributed by atoms with Crippen molar-refractivity contribution >= 4 is 17.5 Å². The lowest BCUT2D eigenvalue weighted by molar-refractivity contribution is -0.132. The molecule has 1 saturated heterocycles. The van der Waals surface area contributed by atoms with E-state index in [4.69, 9.17) is 16.6 Å². The largest absolute Gasteiger partial charge is 0.333 e. The lowest BCUT2D eigenvalue weighted by Gasteiger charge is -2.26. The Morgan fingerprint density at radius 2 is 2.04 bits per heavy atom. The maximum absolute atomic E-state index is 12.5. The summed E-state index contributed by atoms with van der Waals surface area (Å²) < 4.78 is 0. The number of amides is 1. The molecule has 25 heavy (non-hydrogen) atoms. The summed E-state index contributed by atoms with van der Waals surface area (Å²) in [5.74, 6) is 0.172. The number of halogens is 1. The normalized spacial score (nSPS) is 17.3. The second-order valence-corrected chi connectivity index (χ2v) is 7.21. The summed E-state index contributed by atoms with van der Waals surface area (Å²) in [6, 6.07) is 14.0. The summed E-state index contributed by atoms with van der Waals surface area (Å²) in [5, 5.41) is 0.762. The lowest BCUT2D eigenvalue weighted by Crippen LogP contribution is -2.37. The molecule has 1 aromatic heterocycles. The Balaban J connectivity index is 1.78. The van der Waals surface area contributed by atoms with E-state index in [0.29, 0.717) is 13.0 Å². The van der Waals surface area contributed by atoms with Crippen LogP contribution in [0.1, 0.15) is 35.8 Å². The number of carbonyl (C=O) groups is 1. The Labute approximate surface area is 154 Å². The molecule has 0 aliphatic carbocycles. The molecule has 4 nitrogen and oxygen atoms in total. The first-order valence-electron chi connectivity index (χ1n) is 8.68. The van der Waals surface area contributed by atoms with E-state index in [1.54, 1.807) is 0 Å². The Bertz CT molecular complexity index is 747. The standard InChI is InChI=1S/C20H24ClN3O/c1-23(2)14-20(25)24-12-6-11-19(24)18-10-5-8-16(22-18)13-15-7-3-4-9-17(15)21/h3-5,7-10,19H,6,11-14H2,1-2H3/t19-/m0/s1. The van der Waals surface area contributed by atoms with Crippen LogP contribution in [0.5, 0.6) is 0 Å². The van der Waals surface area contributed by atoms with E-state index in [0.717, 1.165) is 41.4 Å². The van der Waals surface area contributed by atoms with Gasteiger partial charge in [-0.15, -0.1) is 0 Å². The fourth-order valence-corrected chi connectivity index (χ4v) is 3.56. The quantitative estimate of drug-likeness (QED) is 0.821. The van der Waals surface area contributed by atoms with Gasteiger partial charge in [0.25, 0.3) is 0 Å². The molecule has 1 amide bonds. The number of rotatable bonds is 5. The van der Waals surface area contributed by atoms with Crippen molar-refractivity contribution in [2.75, 3.05) is 27.2 Å². The Morgan fingerprint density at radius 1 is 1.24 bits per heavy atom. The number of likely N-dealkylation sites (N-methyl/N-ethyl adjacent to an activating group) is 1. The molecule has 2 heterocycles. The third kappa shape index (κ3) is 4.39. The molecule has 2 aromatic rings. The predicted octanol–water partition coefficient (Wildman–Crippen LogP) is 3.55. The zero-order valence-electron chi connectivity index (χ0n) is 14.8. The van der Waals surface area contributed by atoms with E-state index in [9.17, 15) is 4.79 Å². The van der Waals surface area contributed by atoms with Gasteiger partial charge in [0.1, 0.15) is 0 Å². The minimum atomic E-state index is 0.0821. The van der Waals surface area contributed by atoms with Crippen molar-refractivity contribution in [2.45, 2.75) is 25.3 Å². The monoisotopic (exact) mass is 357 g/mol. The second kappa shape index (κ2) is 7.98.